The number of anilines is 1. The maximum absolute atomic E-state index is 13.8. The lowest BCUT2D eigenvalue weighted by molar-refractivity contribution is 0.0983. The van der Waals surface area contributed by atoms with E-state index >= 15 is 0 Å². The Morgan fingerprint density at radius 1 is 0.939 bits per heavy atom. The van der Waals surface area contributed by atoms with Gasteiger partial charge in [0.25, 0.3) is 5.91 Å². The summed E-state index contributed by atoms with van der Waals surface area (Å²) < 4.78 is 7.14. The van der Waals surface area contributed by atoms with Gasteiger partial charge in [-0.3, -0.25) is 9.69 Å². The minimum atomic E-state index is -0.119. The highest BCUT2D eigenvalue weighted by Crippen LogP contribution is 2.34. The second-order valence-corrected chi connectivity index (χ2v) is 9.03. The Balaban J connectivity index is 0.00000306. The molecular weight excluding hydrogens is 454 g/mol. The van der Waals surface area contributed by atoms with E-state index in [9.17, 15) is 4.79 Å². The maximum Gasteiger partial charge on any atom is 0.263 e. The van der Waals surface area contributed by atoms with E-state index in [-0.39, 0.29) is 18.3 Å². The van der Waals surface area contributed by atoms with Gasteiger partial charge in [0.05, 0.1) is 15.8 Å². The number of rotatable bonds is 7. The van der Waals surface area contributed by atoms with Gasteiger partial charge in [-0.15, -0.1) is 12.4 Å². The fraction of sp³-hybridized carbons (Fsp3) is 0.231. The fourth-order valence-corrected chi connectivity index (χ4v) is 4.46. The number of halogens is 1. The second-order valence-electron chi connectivity index (χ2n) is 8.02. The number of nitrogens with zero attached hydrogens (tertiary/aromatic N) is 3. The van der Waals surface area contributed by atoms with Crippen LogP contribution in [0.1, 0.15) is 21.5 Å². The molecule has 5 nitrogen and oxygen atoms in total. The van der Waals surface area contributed by atoms with E-state index in [4.69, 9.17) is 9.72 Å². The van der Waals surface area contributed by atoms with Gasteiger partial charge in [0.15, 0.2) is 5.13 Å². The Bertz CT molecular complexity index is 1240. The summed E-state index contributed by atoms with van der Waals surface area (Å²) in [6, 6.07) is 21.1. The third-order valence-corrected chi connectivity index (χ3v) is 6.45. The average molecular weight is 482 g/mol. The number of fused-ring (bicyclic) bond motifs is 1. The zero-order chi connectivity index (χ0) is 22.7. The number of para-hydroxylation sites is 2. The molecule has 0 fully saturated rings. The summed E-state index contributed by atoms with van der Waals surface area (Å²) in [7, 11) is 4.00. The molecule has 0 radical (unpaired) electrons. The minimum Gasteiger partial charge on any atom is -0.457 e. The number of aryl methyl sites for hydroxylation is 2. The SMILES string of the molecule is Cc1ccc2sc(N(CCN(C)C)C(=O)c3ccccc3Oc3ccccc3)nc2c1C.Cl. The highest BCUT2D eigenvalue weighted by atomic mass is 35.5. The van der Waals surface area contributed by atoms with Gasteiger partial charge in [0, 0.05) is 13.1 Å². The molecule has 0 spiro atoms. The number of aromatic nitrogens is 1. The van der Waals surface area contributed by atoms with Crippen LogP contribution in [0.4, 0.5) is 5.13 Å². The summed E-state index contributed by atoms with van der Waals surface area (Å²) in [5, 5.41) is 0.704. The molecule has 0 bridgehead atoms. The highest BCUT2D eigenvalue weighted by molar-refractivity contribution is 7.22. The third-order valence-electron chi connectivity index (χ3n) is 5.41. The van der Waals surface area contributed by atoms with Gasteiger partial charge in [0.2, 0.25) is 0 Å². The number of hydrogen-bond acceptors (Lipinski definition) is 5. The summed E-state index contributed by atoms with van der Waals surface area (Å²) in [4.78, 5) is 22.5. The molecule has 1 amide bonds. The van der Waals surface area contributed by atoms with Crippen molar-refractivity contribution in [2.45, 2.75) is 13.8 Å². The van der Waals surface area contributed by atoms with E-state index in [2.05, 4.69) is 30.9 Å². The van der Waals surface area contributed by atoms with Crippen LogP contribution in [0.2, 0.25) is 0 Å². The molecule has 4 aromatic rings. The van der Waals surface area contributed by atoms with E-state index in [0.717, 1.165) is 22.3 Å². The van der Waals surface area contributed by atoms with E-state index in [0.29, 0.717) is 28.7 Å². The summed E-state index contributed by atoms with van der Waals surface area (Å²) >= 11 is 1.55. The van der Waals surface area contributed by atoms with Gasteiger partial charge in [-0.05, 0) is 69.4 Å². The average Bonchev–Trinajstić information content (AvgIpc) is 3.22. The molecule has 1 aromatic heterocycles. The number of benzene rings is 3. The molecule has 4 rings (SSSR count). The molecule has 0 N–H and O–H groups in total. The number of ether oxygens (including phenoxy) is 1. The predicted molar refractivity (Wildman–Crippen MR) is 140 cm³/mol. The number of likely N-dealkylation sites (N-methyl/N-ethyl adjacent to an activating group) is 1. The van der Waals surface area contributed by atoms with Gasteiger partial charge in [-0.1, -0.05) is 47.7 Å². The molecule has 0 atom stereocenters. The van der Waals surface area contributed by atoms with Gasteiger partial charge >= 0.3 is 0 Å². The highest BCUT2D eigenvalue weighted by Gasteiger charge is 2.24. The summed E-state index contributed by atoms with van der Waals surface area (Å²) in [6.07, 6.45) is 0. The first-order valence-corrected chi connectivity index (χ1v) is 11.4. The number of carbonyl (C=O) groups excluding carboxylic acids is 1. The molecule has 1 heterocycles. The summed E-state index contributed by atoms with van der Waals surface area (Å²) in [6.45, 7) is 5.42. The topological polar surface area (TPSA) is 45.7 Å². The van der Waals surface area contributed by atoms with Crippen molar-refractivity contribution in [1.29, 1.82) is 0 Å². The van der Waals surface area contributed by atoms with Crippen LogP contribution in [0.15, 0.2) is 66.7 Å². The lowest BCUT2D eigenvalue weighted by atomic mass is 10.1. The van der Waals surface area contributed by atoms with Crippen molar-refractivity contribution in [3.63, 3.8) is 0 Å². The lowest BCUT2D eigenvalue weighted by Gasteiger charge is -2.23. The van der Waals surface area contributed by atoms with Crippen LogP contribution in [-0.4, -0.2) is 43.0 Å². The minimum absolute atomic E-state index is 0. The standard InChI is InChI=1S/C26H27N3O2S.ClH/c1-18-14-15-23-24(19(18)2)27-26(32-23)29(17-16-28(3)4)25(30)21-12-8-9-13-22(21)31-20-10-6-5-7-11-20;/h5-15H,16-17H2,1-4H3;1H. The van der Waals surface area contributed by atoms with Crippen LogP contribution in [0, 0.1) is 13.8 Å². The van der Waals surface area contributed by atoms with Crippen molar-refractivity contribution < 1.29 is 9.53 Å². The molecule has 0 saturated carbocycles. The Morgan fingerprint density at radius 2 is 1.64 bits per heavy atom. The summed E-state index contributed by atoms with van der Waals surface area (Å²) in [5.74, 6) is 1.11. The molecule has 0 aliphatic heterocycles. The second kappa shape index (κ2) is 10.8. The Morgan fingerprint density at radius 3 is 2.36 bits per heavy atom. The molecule has 0 aliphatic carbocycles. The van der Waals surface area contributed by atoms with Gasteiger partial charge in [0.1, 0.15) is 11.5 Å². The monoisotopic (exact) mass is 481 g/mol. The molecule has 7 heteroatoms. The maximum atomic E-state index is 13.8. The van der Waals surface area contributed by atoms with E-state index < -0.39 is 0 Å². The molecule has 0 aliphatic rings. The lowest BCUT2D eigenvalue weighted by Crippen LogP contribution is -2.36. The quantitative estimate of drug-likeness (QED) is 0.309. The van der Waals surface area contributed by atoms with Crippen LogP contribution in [-0.2, 0) is 0 Å². The van der Waals surface area contributed by atoms with E-state index in [1.165, 1.54) is 5.56 Å². The van der Waals surface area contributed by atoms with Crippen molar-refractivity contribution in [3.05, 3.63) is 83.4 Å². The van der Waals surface area contributed by atoms with Crippen LogP contribution in [0.25, 0.3) is 10.2 Å². The van der Waals surface area contributed by atoms with Gasteiger partial charge in [-0.25, -0.2) is 4.98 Å². The molecule has 172 valence electrons. The summed E-state index contributed by atoms with van der Waals surface area (Å²) in [5.41, 5.74) is 3.82. The number of amides is 1. The first kappa shape index (κ1) is 24.7. The van der Waals surface area contributed by atoms with Crippen LogP contribution < -0.4 is 9.64 Å². The van der Waals surface area contributed by atoms with Crippen molar-refractivity contribution in [1.82, 2.24) is 9.88 Å². The zero-order valence-electron chi connectivity index (χ0n) is 19.2. The fourth-order valence-electron chi connectivity index (χ4n) is 3.41. The number of thiazole rings is 1. The van der Waals surface area contributed by atoms with Crippen molar-refractivity contribution in [2.24, 2.45) is 0 Å². The molecule has 0 unspecified atom stereocenters. The number of carbonyl (C=O) groups is 1. The first-order chi connectivity index (χ1) is 15.4. The van der Waals surface area contributed by atoms with E-state index in [1.54, 1.807) is 16.2 Å². The molecule has 3 aromatic carbocycles. The third kappa shape index (κ3) is 5.53. The van der Waals surface area contributed by atoms with Crippen molar-refractivity contribution in [2.75, 3.05) is 32.1 Å². The largest absolute Gasteiger partial charge is 0.457 e. The van der Waals surface area contributed by atoms with Crippen LogP contribution >= 0.6 is 23.7 Å². The first-order valence-electron chi connectivity index (χ1n) is 10.6. The van der Waals surface area contributed by atoms with Crippen LogP contribution in [0.5, 0.6) is 11.5 Å². The van der Waals surface area contributed by atoms with E-state index in [1.807, 2.05) is 68.7 Å². The van der Waals surface area contributed by atoms with Crippen LogP contribution in [0.3, 0.4) is 0 Å². The molecule has 33 heavy (non-hydrogen) atoms. The molecule has 0 saturated heterocycles. The normalized spacial score (nSPS) is 10.8. The zero-order valence-corrected chi connectivity index (χ0v) is 20.9. The predicted octanol–water partition coefficient (Wildman–Crippen LogP) is 6.34. The van der Waals surface area contributed by atoms with Gasteiger partial charge < -0.3 is 9.64 Å². The Labute approximate surface area is 205 Å². The Hall–Kier alpha value is -2.93. The number of hydrogen-bond donors (Lipinski definition) is 0. The van der Waals surface area contributed by atoms with Gasteiger partial charge in [-0.2, -0.15) is 0 Å². The van der Waals surface area contributed by atoms with Crippen molar-refractivity contribution in [3.8, 4) is 11.5 Å². The smallest absolute Gasteiger partial charge is 0.263 e. The molecular formula is C26H28ClN3O2S. The van der Waals surface area contributed by atoms with Crippen molar-refractivity contribution >= 4 is 45.0 Å². The Kier molecular flexibility index (Phi) is 8.08.